The molecular formula is C20H17ClN8. The van der Waals surface area contributed by atoms with Crippen molar-refractivity contribution in [1.29, 1.82) is 0 Å². The number of anilines is 2. The summed E-state index contributed by atoms with van der Waals surface area (Å²) in [6, 6.07) is 9.89. The molecule has 1 aliphatic heterocycles. The molecule has 8 nitrogen and oxygen atoms in total. The number of fused-ring (bicyclic) bond motifs is 2. The van der Waals surface area contributed by atoms with Gasteiger partial charge in [0, 0.05) is 17.6 Å². The molecule has 1 atom stereocenters. The third kappa shape index (κ3) is 2.98. The molecule has 1 unspecified atom stereocenters. The predicted molar refractivity (Wildman–Crippen MR) is 112 cm³/mol. The highest BCUT2D eigenvalue weighted by Gasteiger charge is 2.23. The summed E-state index contributed by atoms with van der Waals surface area (Å²) in [5, 5.41) is 2.42. The van der Waals surface area contributed by atoms with E-state index in [1.54, 1.807) is 12.5 Å². The summed E-state index contributed by atoms with van der Waals surface area (Å²) in [7, 11) is 0. The summed E-state index contributed by atoms with van der Waals surface area (Å²) >= 11 is 6.42. The molecule has 2 N–H and O–H groups in total. The van der Waals surface area contributed by atoms with Gasteiger partial charge in [0.2, 0.25) is 0 Å². The van der Waals surface area contributed by atoms with E-state index in [9.17, 15) is 0 Å². The predicted octanol–water partition coefficient (Wildman–Crippen LogP) is 1.67. The zero-order chi connectivity index (χ0) is 20.0. The van der Waals surface area contributed by atoms with Crippen molar-refractivity contribution in [3.63, 3.8) is 0 Å². The van der Waals surface area contributed by atoms with Crippen LogP contribution in [0.5, 0.6) is 0 Å². The van der Waals surface area contributed by atoms with Crippen molar-refractivity contribution in [2.45, 2.75) is 19.6 Å². The van der Waals surface area contributed by atoms with Crippen LogP contribution in [0.1, 0.15) is 5.56 Å². The van der Waals surface area contributed by atoms with E-state index >= 15 is 0 Å². The highest BCUT2D eigenvalue weighted by molar-refractivity contribution is 6.32. The standard InChI is InChI=1S/C20H17ClN8/c1-12-4-2-5-14-13(12)8-29(15-6-3-7-23-18(15)21)16(27-14)9-28-11-26-17-19(22)24-10-25-20(17)28/h2-8,10-11,16H,9H2,1H3,(H2,22,24,25). The fourth-order valence-electron chi connectivity index (χ4n) is 3.53. The van der Waals surface area contributed by atoms with Crippen molar-refractivity contribution >= 4 is 40.5 Å². The van der Waals surface area contributed by atoms with Crippen molar-refractivity contribution < 1.29 is 0 Å². The molecule has 144 valence electrons. The molecule has 4 heterocycles. The van der Waals surface area contributed by atoms with Gasteiger partial charge in [0.05, 0.1) is 23.9 Å². The second-order valence-corrected chi connectivity index (χ2v) is 7.15. The van der Waals surface area contributed by atoms with Crippen LogP contribution in [0.15, 0.2) is 54.2 Å². The monoisotopic (exact) mass is 404 g/mol. The van der Waals surface area contributed by atoms with Crippen LogP contribution in [0.4, 0.5) is 11.5 Å². The Morgan fingerprint density at radius 3 is 2.86 bits per heavy atom. The van der Waals surface area contributed by atoms with Crippen molar-refractivity contribution in [3.8, 4) is 0 Å². The Morgan fingerprint density at radius 1 is 1.10 bits per heavy atom. The van der Waals surface area contributed by atoms with E-state index in [1.165, 1.54) is 6.33 Å². The van der Waals surface area contributed by atoms with Gasteiger partial charge in [0.1, 0.15) is 18.0 Å². The van der Waals surface area contributed by atoms with E-state index in [0.29, 0.717) is 28.7 Å². The lowest BCUT2D eigenvalue weighted by atomic mass is 10.1. The topological polar surface area (TPSA) is 98.1 Å². The zero-order valence-electron chi connectivity index (χ0n) is 15.6. The van der Waals surface area contributed by atoms with Gasteiger partial charge in [-0.1, -0.05) is 23.7 Å². The smallest absolute Gasteiger partial charge is 0.165 e. The van der Waals surface area contributed by atoms with Gasteiger partial charge in [-0.05, 0) is 30.7 Å². The third-order valence-electron chi connectivity index (χ3n) is 4.99. The van der Waals surface area contributed by atoms with Crippen LogP contribution in [-0.2, 0) is 6.54 Å². The van der Waals surface area contributed by atoms with Crippen molar-refractivity contribution in [2.24, 2.45) is 4.99 Å². The van der Waals surface area contributed by atoms with Crippen LogP contribution in [0.2, 0.25) is 5.15 Å². The quantitative estimate of drug-likeness (QED) is 0.521. The van der Waals surface area contributed by atoms with Crippen LogP contribution in [-0.4, -0.2) is 30.7 Å². The summed E-state index contributed by atoms with van der Waals surface area (Å²) in [5.74, 6) is 0.356. The summed E-state index contributed by atoms with van der Waals surface area (Å²) < 4.78 is 1.92. The van der Waals surface area contributed by atoms with Gasteiger partial charge in [-0.25, -0.2) is 19.9 Å². The molecule has 0 amide bonds. The molecule has 0 radical (unpaired) electrons. The lowest BCUT2D eigenvalue weighted by molar-refractivity contribution is 0.556. The highest BCUT2D eigenvalue weighted by atomic mass is 35.5. The SMILES string of the molecule is Cc1cccc2c1=CN(c1cccnc1Cl)C(Cn1cnc3c(N)ncnc31)N=2. The highest BCUT2D eigenvalue weighted by Crippen LogP contribution is 2.27. The number of aromatic nitrogens is 5. The zero-order valence-corrected chi connectivity index (χ0v) is 16.3. The molecule has 5 rings (SSSR count). The average molecular weight is 405 g/mol. The first-order chi connectivity index (χ1) is 14.1. The number of nitrogens with zero attached hydrogens (tertiary/aromatic N) is 7. The Morgan fingerprint density at radius 2 is 2.00 bits per heavy atom. The second kappa shape index (κ2) is 6.82. The van der Waals surface area contributed by atoms with Crippen LogP contribution in [0, 0.1) is 6.92 Å². The fourth-order valence-corrected chi connectivity index (χ4v) is 3.75. The maximum Gasteiger partial charge on any atom is 0.165 e. The number of imidazole rings is 1. The molecule has 9 heteroatoms. The maximum absolute atomic E-state index is 6.42. The Balaban J connectivity index is 1.66. The largest absolute Gasteiger partial charge is 0.382 e. The number of benzene rings is 1. The van der Waals surface area contributed by atoms with E-state index in [2.05, 4.69) is 39.1 Å². The summed E-state index contributed by atoms with van der Waals surface area (Å²) in [6.45, 7) is 2.57. The van der Waals surface area contributed by atoms with Gasteiger partial charge < -0.3 is 15.2 Å². The molecule has 1 aromatic carbocycles. The van der Waals surface area contributed by atoms with Crippen LogP contribution in [0.25, 0.3) is 17.4 Å². The van der Waals surface area contributed by atoms with E-state index in [1.807, 2.05) is 33.7 Å². The van der Waals surface area contributed by atoms with Gasteiger partial charge in [-0.15, -0.1) is 0 Å². The minimum atomic E-state index is -0.264. The average Bonchev–Trinajstić information content (AvgIpc) is 3.13. The van der Waals surface area contributed by atoms with Crippen molar-refractivity contribution in [2.75, 3.05) is 10.6 Å². The van der Waals surface area contributed by atoms with Crippen LogP contribution in [0.3, 0.4) is 0 Å². The first kappa shape index (κ1) is 17.6. The summed E-state index contributed by atoms with van der Waals surface area (Å²) in [4.78, 5) is 24.0. The first-order valence-electron chi connectivity index (χ1n) is 9.07. The lowest BCUT2D eigenvalue weighted by Gasteiger charge is -2.31. The molecule has 0 fully saturated rings. The molecule has 0 saturated heterocycles. The van der Waals surface area contributed by atoms with Gasteiger partial charge in [0.25, 0.3) is 0 Å². The number of hydrogen-bond donors (Lipinski definition) is 1. The van der Waals surface area contributed by atoms with Crippen molar-refractivity contribution in [1.82, 2.24) is 24.5 Å². The Bertz CT molecular complexity index is 1350. The molecule has 29 heavy (non-hydrogen) atoms. The number of rotatable bonds is 3. The first-order valence-corrected chi connectivity index (χ1v) is 9.45. The molecule has 4 aromatic rings. The Hall–Kier alpha value is -3.52. The minimum Gasteiger partial charge on any atom is -0.382 e. The number of nitrogens with two attached hydrogens (primary N) is 1. The molecule has 0 bridgehead atoms. The van der Waals surface area contributed by atoms with E-state index in [-0.39, 0.29) is 6.17 Å². The molecular weight excluding hydrogens is 388 g/mol. The van der Waals surface area contributed by atoms with Gasteiger partial charge in [-0.2, -0.15) is 0 Å². The van der Waals surface area contributed by atoms with Gasteiger partial charge >= 0.3 is 0 Å². The van der Waals surface area contributed by atoms with Crippen LogP contribution < -0.4 is 21.2 Å². The number of aryl methyl sites for hydroxylation is 1. The lowest BCUT2D eigenvalue weighted by Crippen LogP contribution is -2.45. The van der Waals surface area contributed by atoms with E-state index in [4.69, 9.17) is 22.3 Å². The van der Waals surface area contributed by atoms with E-state index < -0.39 is 0 Å². The molecule has 0 saturated carbocycles. The minimum absolute atomic E-state index is 0.264. The number of pyridine rings is 1. The Labute approximate surface area is 171 Å². The third-order valence-corrected chi connectivity index (χ3v) is 5.28. The normalized spacial score (nSPS) is 15.7. The second-order valence-electron chi connectivity index (χ2n) is 6.80. The number of halogens is 1. The number of hydrogen-bond acceptors (Lipinski definition) is 7. The number of nitrogen functional groups attached to an aromatic ring is 1. The molecule has 0 aliphatic carbocycles. The van der Waals surface area contributed by atoms with Crippen LogP contribution >= 0.6 is 11.6 Å². The Kier molecular flexibility index (Phi) is 4.13. The van der Waals surface area contributed by atoms with Gasteiger partial charge in [-0.3, -0.25) is 4.99 Å². The summed E-state index contributed by atoms with van der Waals surface area (Å²) in [6.07, 6.45) is 6.63. The van der Waals surface area contributed by atoms with Gasteiger partial charge in [0.15, 0.2) is 16.6 Å². The molecule has 3 aromatic heterocycles. The maximum atomic E-state index is 6.42. The fraction of sp³-hybridized carbons (Fsp3) is 0.150. The molecule has 0 spiro atoms. The van der Waals surface area contributed by atoms with Crippen molar-refractivity contribution in [3.05, 3.63) is 70.5 Å². The summed E-state index contributed by atoms with van der Waals surface area (Å²) in [5.41, 5.74) is 9.10. The van der Waals surface area contributed by atoms with E-state index in [0.717, 1.165) is 21.8 Å². The molecule has 1 aliphatic rings.